The number of imidazole rings is 1. The second-order valence-corrected chi connectivity index (χ2v) is 4.25. The van der Waals surface area contributed by atoms with Gasteiger partial charge in [-0.2, -0.15) is 0 Å². The molecule has 1 aromatic carbocycles. The van der Waals surface area contributed by atoms with E-state index in [9.17, 15) is 0 Å². The number of nitrogen functional groups attached to an aromatic ring is 1. The van der Waals surface area contributed by atoms with Crippen molar-refractivity contribution >= 4 is 5.82 Å². The number of aromatic nitrogens is 4. The molecule has 5 heteroatoms. The lowest BCUT2D eigenvalue weighted by atomic mass is 10.2. The van der Waals surface area contributed by atoms with Crippen molar-refractivity contribution in [3.63, 3.8) is 0 Å². The highest BCUT2D eigenvalue weighted by molar-refractivity contribution is 5.73. The largest absolute Gasteiger partial charge is 0.383 e. The van der Waals surface area contributed by atoms with E-state index in [1.165, 1.54) is 6.33 Å². The summed E-state index contributed by atoms with van der Waals surface area (Å²) in [6, 6.07) is 9.95. The number of benzene rings is 1. The van der Waals surface area contributed by atoms with Crippen molar-refractivity contribution in [2.45, 2.75) is 6.92 Å². The molecule has 0 aliphatic heterocycles. The number of H-pyrrole nitrogens is 1. The Morgan fingerprint density at radius 3 is 2.68 bits per heavy atom. The maximum absolute atomic E-state index is 5.86. The molecule has 0 saturated carbocycles. The molecule has 0 aliphatic carbocycles. The Kier molecular flexibility index (Phi) is 2.72. The molecule has 0 fully saturated rings. The average molecular weight is 251 g/mol. The van der Waals surface area contributed by atoms with Crippen molar-refractivity contribution in [1.29, 1.82) is 0 Å². The summed E-state index contributed by atoms with van der Waals surface area (Å²) in [5.41, 5.74) is 9.38. The van der Waals surface area contributed by atoms with Crippen LogP contribution < -0.4 is 5.73 Å². The predicted molar refractivity (Wildman–Crippen MR) is 74.2 cm³/mol. The Balaban J connectivity index is 2.11. The van der Waals surface area contributed by atoms with E-state index in [-0.39, 0.29) is 0 Å². The third kappa shape index (κ3) is 2.06. The van der Waals surface area contributed by atoms with Gasteiger partial charge in [-0.25, -0.2) is 15.0 Å². The smallest absolute Gasteiger partial charge is 0.138 e. The zero-order valence-electron chi connectivity index (χ0n) is 10.5. The molecular formula is C14H13N5. The first kappa shape index (κ1) is 11.4. The summed E-state index contributed by atoms with van der Waals surface area (Å²) in [5, 5.41) is 0. The number of nitrogens with zero attached hydrogens (tertiary/aromatic N) is 3. The zero-order valence-corrected chi connectivity index (χ0v) is 10.5. The van der Waals surface area contributed by atoms with Crippen LogP contribution in [-0.4, -0.2) is 19.9 Å². The SMILES string of the molecule is Cc1[nH]c(-c2ccccc2)nc1-c1cncnc1N. The van der Waals surface area contributed by atoms with Crippen LogP contribution in [0.25, 0.3) is 22.6 Å². The summed E-state index contributed by atoms with van der Waals surface area (Å²) in [4.78, 5) is 15.9. The third-order valence-corrected chi connectivity index (χ3v) is 2.93. The molecule has 5 nitrogen and oxygen atoms in total. The Morgan fingerprint density at radius 1 is 1.16 bits per heavy atom. The molecule has 0 unspecified atom stereocenters. The number of hydrogen-bond acceptors (Lipinski definition) is 4. The molecular weight excluding hydrogens is 238 g/mol. The number of aromatic amines is 1. The van der Waals surface area contributed by atoms with Gasteiger partial charge in [0.05, 0.1) is 11.3 Å². The number of nitrogens with two attached hydrogens (primary N) is 1. The maximum atomic E-state index is 5.86. The fourth-order valence-electron chi connectivity index (χ4n) is 1.98. The van der Waals surface area contributed by atoms with Crippen LogP contribution in [0.15, 0.2) is 42.9 Å². The third-order valence-electron chi connectivity index (χ3n) is 2.93. The Hall–Kier alpha value is -2.69. The minimum Gasteiger partial charge on any atom is -0.383 e. The molecule has 0 radical (unpaired) electrons. The number of anilines is 1. The van der Waals surface area contributed by atoms with E-state index in [1.54, 1.807) is 6.20 Å². The van der Waals surface area contributed by atoms with E-state index < -0.39 is 0 Å². The molecule has 0 aliphatic rings. The number of aryl methyl sites for hydroxylation is 1. The molecule has 2 heterocycles. The zero-order chi connectivity index (χ0) is 13.2. The molecule has 0 bridgehead atoms. The summed E-state index contributed by atoms with van der Waals surface area (Å²) in [6.45, 7) is 1.96. The van der Waals surface area contributed by atoms with Gasteiger partial charge in [-0.3, -0.25) is 0 Å². The van der Waals surface area contributed by atoms with Crippen LogP contribution in [0.2, 0.25) is 0 Å². The molecule has 0 atom stereocenters. The van der Waals surface area contributed by atoms with Crippen molar-refractivity contribution in [3.05, 3.63) is 48.5 Å². The molecule has 0 amide bonds. The molecule has 0 saturated heterocycles. The second kappa shape index (κ2) is 4.53. The lowest BCUT2D eigenvalue weighted by Crippen LogP contribution is -1.95. The van der Waals surface area contributed by atoms with Crippen molar-refractivity contribution in [2.24, 2.45) is 0 Å². The molecule has 94 valence electrons. The van der Waals surface area contributed by atoms with Gasteiger partial charge in [-0.1, -0.05) is 30.3 Å². The van der Waals surface area contributed by atoms with Gasteiger partial charge >= 0.3 is 0 Å². The fraction of sp³-hybridized carbons (Fsp3) is 0.0714. The highest BCUT2D eigenvalue weighted by Gasteiger charge is 2.13. The number of nitrogens with one attached hydrogen (secondary N) is 1. The summed E-state index contributed by atoms with van der Waals surface area (Å²) in [6.07, 6.45) is 3.11. The average Bonchev–Trinajstić information content (AvgIpc) is 2.82. The van der Waals surface area contributed by atoms with E-state index >= 15 is 0 Å². The van der Waals surface area contributed by atoms with Crippen molar-refractivity contribution in [2.75, 3.05) is 5.73 Å². The fourth-order valence-corrected chi connectivity index (χ4v) is 1.98. The van der Waals surface area contributed by atoms with E-state index in [4.69, 9.17) is 5.73 Å². The second-order valence-electron chi connectivity index (χ2n) is 4.25. The summed E-state index contributed by atoms with van der Waals surface area (Å²) in [7, 11) is 0. The molecule has 3 aromatic rings. The topological polar surface area (TPSA) is 80.5 Å². The Bertz CT molecular complexity index is 703. The van der Waals surface area contributed by atoms with Crippen LogP contribution in [0.4, 0.5) is 5.82 Å². The number of rotatable bonds is 2. The van der Waals surface area contributed by atoms with Gasteiger partial charge in [0.15, 0.2) is 0 Å². The quantitative estimate of drug-likeness (QED) is 0.733. The highest BCUT2D eigenvalue weighted by atomic mass is 15.0. The van der Waals surface area contributed by atoms with Crippen molar-refractivity contribution < 1.29 is 0 Å². The van der Waals surface area contributed by atoms with E-state index in [0.29, 0.717) is 5.82 Å². The van der Waals surface area contributed by atoms with Crippen molar-refractivity contribution in [1.82, 2.24) is 19.9 Å². The van der Waals surface area contributed by atoms with Gasteiger partial charge < -0.3 is 10.7 Å². The van der Waals surface area contributed by atoms with Crippen LogP contribution in [0.5, 0.6) is 0 Å². The first-order valence-electron chi connectivity index (χ1n) is 5.93. The van der Waals surface area contributed by atoms with Gasteiger partial charge in [-0.05, 0) is 6.92 Å². The lowest BCUT2D eigenvalue weighted by Gasteiger charge is -2.00. The Labute approximate surface area is 110 Å². The molecule has 3 rings (SSSR count). The first-order chi connectivity index (χ1) is 9.25. The Morgan fingerprint density at radius 2 is 1.95 bits per heavy atom. The first-order valence-corrected chi connectivity index (χ1v) is 5.93. The van der Waals surface area contributed by atoms with Crippen molar-refractivity contribution in [3.8, 4) is 22.6 Å². The van der Waals surface area contributed by atoms with Crippen LogP contribution in [0, 0.1) is 6.92 Å². The molecule has 19 heavy (non-hydrogen) atoms. The van der Waals surface area contributed by atoms with E-state index in [1.807, 2.05) is 37.3 Å². The lowest BCUT2D eigenvalue weighted by molar-refractivity contribution is 1.17. The van der Waals surface area contributed by atoms with Crippen LogP contribution in [-0.2, 0) is 0 Å². The highest BCUT2D eigenvalue weighted by Crippen LogP contribution is 2.27. The van der Waals surface area contributed by atoms with E-state index in [2.05, 4.69) is 19.9 Å². The van der Waals surface area contributed by atoms with Gasteiger partial charge in [-0.15, -0.1) is 0 Å². The normalized spacial score (nSPS) is 10.6. The van der Waals surface area contributed by atoms with Gasteiger partial charge in [0.25, 0.3) is 0 Å². The van der Waals surface area contributed by atoms with Gasteiger partial charge in [0.1, 0.15) is 18.0 Å². The monoisotopic (exact) mass is 251 g/mol. The molecule has 3 N–H and O–H groups in total. The molecule has 0 spiro atoms. The summed E-state index contributed by atoms with van der Waals surface area (Å²) < 4.78 is 0. The van der Waals surface area contributed by atoms with Crippen LogP contribution >= 0.6 is 0 Å². The molecule has 2 aromatic heterocycles. The summed E-state index contributed by atoms with van der Waals surface area (Å²) in [5.74, 6) is 1.25. The van der Waals surface area contributed by atoms with Gasteiger partial charge in [0, 0.05) is 17.5 Å². The van der Waals surface area contributed by atoms with Crippen LogP contribution in [0.3, 0.4) is 0 Å². The van der Waals surface area contributed by atoms with Gasteiger partial charge in [0.2, 0.25) is 0 Å². The minimum atomic E-state index is 0.434. The minimum absolute atomic E-state index is 0.434. The predicted octanol–water partition coefficient (Wildman–Crippen LogP) is 2.42. The summed E-state index contributed by atoms with van der Waals surface area (Å²) >= 11 is 0. The van der Waals surface area contributed by atoms with Crippen LogP contribution in [0.1, 0.15) is 5.69 Å². The standard InChI is InChI=1S/C14H13N5/c1-9-12(11-7-16-8-17-13(11)15)19-14(18-9)10-5-3-2-4-6-10/h2-8H,1H3,(H,18,19)(H2,15,16,17). The van der Waals surface area contributed by atoms with E-state index in [0.717, 1.165) is 28.3 Å². The maximum Gasteiger partial charge on any atom is 0.138 e. The number of hydrogen-bond donors (Lipinski definition) is 2.